The Bertz CT molecular complexity index is 516. The molecule has 0 aliphatic heterocycles. The number of halogens is 1. The summed E-state index contributed by atoms with van der Waals surface area (Å²) in [6.45, 7) is 4.50. The fraction of sp³-hybridized carbons (Fsp3) is 0.562. The zero-order valence-electron chi connectivity index (χ0n) is 12.7. The van der Waals surface area contributed by atoms with E-state index in [2.05, 4.69) is 5.32 Å². The molecule has 0 bridgehead atoms. The minimum Gasteiger partial charge on any atom is -0.495 e. The Kier molecular flexibility index (Phi) is 5.12. The smallest absolute Gasteiger partial charge is 0.256 e. The van der Waals surface area contributed by atoms with Gasteiger partial charge in [-0.05, 0) is 50.3 Å². The maximum atomic E-state index is 12.6. The van der Waals surface area contributed by atoms with Gasteiger partial charge in [0.1, 0.15) is 11.4 Å². The van der Waals surface area contributed by atoms with Crippen LogP contribution in [0.1, 0.15) is 33.1 Å². The van der Waals surface area contributed by atoms with Gasteiger partial charge in [-0.1, -0.05) is 18.5 Å². The number of rotatable bonds is 7. The summed E-state index contributed by atoms with van der Waals surface area (Å²) in [5.74, 6) is 0.777. The van der Waals surface area contributed by atoms with Crippen LogP contribution in [0.5, 0.6) is 5.75 Å². The van der Waals surface area contributed by atoms with Crippen molar-refractivity contribution in [3.8, 4) is 5.75 Å². The van der Waals surface area contributed by atoms with Crippen LogP contribution in [0.4, 0.5) is 5.69 Å². The van der Waals surface area contributed by atoms with Crippen LogP contribution in [0, 0.1) is 5.92 Å². The molecule has 21 heavy (non-hydrogen) atoms. The molecule has 5 heteroatoms. The van der Waals surface area contributed by atoms with Crippen molar-refractivity contribution < 1.29 is 14.3 Å². The van der Waals surface area contributed by atoms with Gasteiger partial charge in [-0.15, -0.1) is 0 Å². The summed E-state index contributed by atoms with van der Waals surface area (Å²) in [6.07, 6.45) is 2.97. The molecule has 1 aliphatic carbocycles. The average molecular weight is 312 g/mol. The third kappa shape index (κ3) is 3.69. The molecule has 0 heterocycles. The highest BCUT2D eigenvalue weighted by Crippen LogP contribution is 2.42. The van der Waals surface area contributed by atoms with E-state index in [-0.39, 0.29) is 5.91 Å². The second-order valence-corrected chi connectivity index (χ2v) is 5.94. The van der Waals surface area contributed by atoms with Crippen LogP contribution in [-0.4, -0.2) is 25.2 Å². The maximum absolute atomic E-state index is 12.6. The number of benzene rings is 1. The average Bonchev–Trinajstić information content (AvgIpc) is 3.29. The van der Waals surface area contributed by atoms with E-state index in [1.165, 1.54) is 0 Å². The molecule has 0 spiro atoms. The Balaban J connectivity index is 2.09. The molecule has 1 fully saturated rings. The summed E-state index contributed by atoms with van der Waals surface area (Å²) < 4.78 is 10.9. The first-order valence-electron chi connectivity index (χ1n) is 7.30. The minimum absolute atomic E-state index is 0.111. The Labute approximate surface area is 130 Å². The first-order valence-corrected chi connectivity index (χ1v) is 7.68. The number of nitrogens with one attached hydrogen (secondary N) is 1. The maximum Gasteiger partial charge on any atom is 0.256 e. The largest absolute Gasteiger partial charge is 0.495 e. The SMILES string of the molecule is CCCOC(C)(C(=O)Nc1ccc(OC)c(Cl)c1)C1CC1. The standard InChI is InChI=1S/C16H22ClNO3/c1-4-9-21-16(2,11-5-6-11)15(19)18-12-7-8-14(20-3)13(17)10-12/h7-8,10-11H,4-6,9H2,1-3H3,(H,18,19). The lowest BCUT2D eigenvalue weighted by molar-refractivity contribution is -0.142. The molecule has 1 aliphatic rings. The molecule has 1 aromatic carbocycles. The molecule has 1 saturated carbocycles. The predicted molar refractivity (Wildman–Crippen MR) is 84.0 cm³/mol. The highest BCUT2D eigenvalue weighted by atomic mass is 35.5. The molecule has 1 amide bonds. The van der Waals surface area contributed by atoms with E-state index < -0.39 is 5.60 Å². The fourth-order valence-corrected chi connectivity index (χ4v) is 2.57. The first kappa shape index (κ1) is 16.1. The Morgan fingerprint density at radius 3 is 2.71 bits per heavy atom. The lowest BCUT2D eigenvalue weighted by Crippen LogP contribution is -2.45. The van der Waals surface area contributed by atoms with Crippen LogP contribution in [0.3, 0.4) is 0 Å². The molecule has 1 atom stereocenters. The van der Waals surface area contributed by atoms with Gasteiger partial charge in [0.2, 0.25) is 0 Å². The molecule has 0 radical (unpaired) electrons. The molecule has 1 aromatic rings. The van der Waals surface area contributed by atoms with Crippen LogP contribution in [-0.2, 0) is 9.53 Å². The van der Waals surface area contributed by atoms with Crippen molar-refractivity contribution in [2.75, 3.05) is 19.0 Å². The highest BCUT2D eigenvalue weighted by molar-refractivity contribution is 6.32. The van der Waals surface area contributed by atoms with E-state index in [1.54, 1.807) is 25.3 Å². The van der Waals surface area contributed by atoms with Crippen LogP contribution >= 0.6 is 11.6 Å². The topological polar surface area (TPSA) is 47.6 Å². The van der Waals surface area contributed by atoms with Crippen LogP contribution < -0.4 is 10.1 Å². The van der Waals surface area contributed by atoms with Crippen molar-refractivity contribution >= 4 is 23.2 Å². The molecule has 116 valence electrons. The lowest BCUT2D eigenvalue weighted by atomic mass is 9.98. The monoisotopic (exact) mass is 311 g/mol. The van der Waals surface area contributed by atoms with Gasteiger partial charge in [-0.3, -0.25) is 4.79 Å². The second-order valence-electron chi connectivity index (χ2n) is 5.53. The van der Waals surface area contributed by atoms with Crippen molar-refractivity contribution in [2.24, 2.45) is 5.92 Å². The quantitative estimate of drug-likeness (QED) is 0.831. The predicted octanol–water partition coefficient (Wildman–Crippen LogP) is 3.88. The normalized spacial score (nSPS) is 17.1. The van der Waals surface area contributed by atoms with Gasteiger partial charge < -0.3 is 14.8 Å². The summed E-state index contributed by atoms with van der Waals surface area (Å²) in [5, 5.41) is 3.37. The van der Waals surface area contributed by atoms with Gasteiger partial charge in [-0.25, -0.2) is 0 Å². The van der Waals surface area contributed by atoms with Crippen molar-refractivity contribution in [1.82, 2.24) is 0 Å². The summed E-state index contributed by atoms with van der Waals surface area (Å²) >= 11 is 6.08. The van der Waals surface area contributed by atoms with Crippen LogP contribution in [0.25, 0.3) is 0 Å². The number of ether oxygens (including phenoxy) is 2. The number of methoxy groups -OCH3 is 1. The third-order valence-corrected chi connectivity index (χ3v) is 4.12. The summed E-state index contributed by atoms with van der Waals surface area (Å²) in [6, 6.07) is 5.19. The number of hydrogen-bond donors (Lipinski definition) is 1. The number of hydrogen-bond acceptors (Lipinski definition) is 3. The van der Waals surface area contributed by atoms with Gasteiger partial charge in [0.15, 0.2) is 0 Å². The van der Waals surface area contributed by atoms with Crippen LogP contribution in [0.2, 0.25) is 5.02 Å². The zero-order valence-corrected chi connectivity index (χ0v) is 13.5. The van der Waals surface area contributed by atoms with Crippen molar-refractivity contribution in [3.63, 3.8) is 0 Å². The lowest BCUT2D eigenvalue weighted by Gasteiger charge is -2.28. The number of carbonyl (C=O) groups is 1. The van der Waals surface area contributed by atoms with Crippen molar-refractivity contribution in [3.05, 3.63) is 23.2 Å². The van der Waals surface area contributed by atoms with E-state index in [1.807, 2.05) is 13.8 Å². The van der Waals surface area contributed by atoms with E-state index in [9.17, 15) is 4.79 Å². The van der Waals surface area contributed by atoms with E-state index in [4.69, 9.17) is 21.1 Å². The summed E-state index contributed by atoms with van der Waals surface area (Å²) in [7, 11) is 1.56. The molecule has 0 saturated heterocycles. The zero-order chi connectivity index (χ0) is 15.5. The van der Waals surface area contributed by atoms with E-state index >= 15 is 0 Å². The van der Waals surface area contributed by atoms with Crippen LogP contribution in [0.15, 0.2) is 18.2 Å². The van der Waals surface area contributed by atoms with Gasteiger partial charge >= 0.3 is 0 Å². The Morgan fingerprint density at radius 1 is 1.48 bits per heavy atom. The molecule has 1 unspecified atom stereocenters. The molecule has 4 nitrogen and oxygen atoms in total. The fourth-order valence-electron chi connectivity index (χ4n) is 2.32. The van der Waals surface area contributed by atoms with E-state index in [0.717, 1.165) is 19.3 Å². The van der Waals surface area contributed by atoms with Gasteiger partial charge in [0.05, 0.1) is 12.1 Å². The van der Waals surface area contributed by atoms with Gasteiger partial charge in [0.25, 0.3) is 5.91 Å². The first-order chi connectivity index (χ1) is 10.0. The summed E-state index contributed by atoms with van der Waals surface area (Å²) in [4.78, 5) is 12.6. The van der Waals surface area contributed by atoms with Gasteiger partial charge in [-0.2, -0.15) is 0 Å². The summed E-state index contributed by atoms with van der Waals surface area (Å²) in [5.41, 5.74) is -0.111. The number of carbonyl (C=O) groups excluding carboxylic acids is 1. The van der Waals surface area contributed by atoms with E-state index in [0.29, 0.717) is 29.0 Å². The van der Waals surface area contributed by atoms with Crippen molar-refractivity contribution in [1.29, 1.82) is 0 Å². The minimum atomic E-state index is -0.761. The van der Waals surface area contributed by atoms with Gasteiger partial charge in [0, 0.05) is 12.3 Å². The number of amides is 1. The third-order valence-electron chi connectivity index (χ3n) is 3.82. The molecule has 1 N–H and O–H groups in total. The number of anilines is 1. The molecular formula is C16H22ClNO3. The Morgan fingerprint density at radius 2 is 2.19 bits per heavy atom. The highest BCUT2D eigenvalue weighted by Gasteiger charge is 2.48. The Hall–Kier alpha value is -1.26. The second kappa shape index (κ2) is 6.67. The molecule has 0 aromatic heterocycles. The molecule has 2 rings (SSSR count). The molecular weight excluding hydrogens is 290 g/mol. The van der Waals surface area contributed by atoms with Crippen molar-refractivity contribution in [2.45, 2.75) is 38.7 Å².